The molecule has 3 aliphatic heterocycles. The Morgan fingerprint density at radius 3 is 2.43 bits per heavy atom. The first-order valence-electron chi connectivity index (χ1n) is 21.8. The van der Waals surface area contributed by atoms with Crippen LogP contribution in [-0.2, 0) is 30.3 Å². The lowest BCUT2D eigenvalue weighted by molar-refractivity contribution is -0.136. The molecule has 0 spiro atoms. The standard InChI is InChI=1S/C48H57N5O8/c1-29-27-30(2)35(41(55)28-29)14-16-40(54)44-32(4)52(38-13-6-5-11-36(38)44)31(3)33-18-22-51(23-19-33)24-21-49-42(56)20-26-61-25-8-10-34-9-7-12-37-45(34)48(60)53(47(37)59)39-15-17-43(57)50-46(39)58/h5-7,9,11-13,27,31,33,39H,8,10,14-26,28H2,1-4H3,(H,49,56)(H,50,57,58)/t31-,39?/m0/s1. The summed E-state index contributed by atoms with van der Waals surface area (Å²) in [6, 6.07) is 12.4. The zero-order chi connectivity index (χ0) is 43.4. The second kappa shape index (κ2) is 19.0. The number of rotatable bonds is 17. The lowest BCUT2D eigenvalue weighted by Crippen LogP contribution is -2.54. The van der Waals surface area contributed by atoms with Crippen molar-refractivity contribution in [2.24, 2.45) is 5.92 Å². The molecule has 4 heterocycles. The van der Waals surface area contributed by atoms with Gasteiger partial charge in [0.1, 0.15) is 6.04 Å². The number of hydrogen-bond donors (Lipinski definition) is 2. The van der Waals surface area contributed by atoms with Crippen molar-refractivity contribution in [1.29, 1.82) is 0 Å². The Kier molecular flexibility index (Phi) is 13.6. The number of Topliss-reactive ketones (excluding diaryl/α,β-unsaturated/α-hetero) is 2. The minimum atomic E-state index is -1.01. The van der Waals surface area contributed by atoms with Crippen molar-refractivity contribution in [2.75, 3.05) is 39.4 Å². The molecule has 2 atom stereocenters. The second-order valence-corrected chi connectivity index (χ2v) is 17.0. The van der Waals surface area contributed by atoms with Crippen LogP contribution in [0.4, 0.5) is 0 Å². The topological polar surface area (TPSA) is 164 Å². The van der Waals surface area contributed by atoms with E-state index in [-0.39, 0.29) is 54.9 Å². The van der Waals surface area contributed by atoms with E-state index in [1.54, 1.807) is 18.2 Å². The van der Waals surface area contributed by atoms with Gasteiger partial charge in [-0.15, -0.1) is 0 Å². The van der Waals surface area contributed by atoms with Gasteiger partial charge in [-0.1, -0.05) is 42.0 Å². The average Bonchev–Trinajstić information content (AvgIpc) is 3.67. The van der Waals surface area contributed by atoms with Crippen molar-refractivity contribution in [3.05, 3.63) is 93.2 Å². The van der Waals surface area contributed by atoms with Crippen molar-refractivity contribution < 1.29 is 38.3 Å². The molecule has 1 unspecified atom stereocenters. The van der Waals surface area contributed by atoms with E-state index in [4.69, 9.17) is 4.74 Å². The van der Waals surface area contributed by atoms with Gasteiger partial charge in [0.15, 0.2) is 11.6 Å². The van der Waals surface area contributed by atoms with Crippen LogP contribution < -0.4 is 10.6 Å². The molecule has 2 aromatic carbocycles. The van der Waals surface area contributed by atoms with Gasteiger partial charge in [0.05, 0.1) is 17.7 Å². The Balaban J connectivity index is 0.816. The average molecular weight is 832 g/mol. The van der Waals surface area contributed by atoms with Gasteiger partial charge in [0.25, 0.3) is 11.8 Å². The monoisotopic (exact) mass is 831 g/mol. The van der Waals surface area contributed by atoms with Crippen LogP contribution in [0.25, 0.3) is 10.9 Å². The fraction of sp³-hybridized carbons (Fsp3) is 0.479. The minimum Gasteiger partial charge on any atom is -0.381 e. The molecule has 2 N–H and O–H groups in total. The van der Waals surface area contributed by atoms with E-state index in [0.29, 0.717) is 62.3 Å². The summed E-state index contributed by atoms with van der Waals surface area (Å²) in [5.41, 5.74) is 6.88. The van der Waals surface area contributed by atoms with Gasteiger partial charge in [-0.05, 0) is 114 Å². The maximum absolute atomic E-state index is 13.8. The van der Waals surface area contributed by atoms with Crippen LogP contribution in [0, 0.1) is 12.8 Å². The number of amides is 5. The molecule has 0 radical (unpaired) electrons. The molecule has 61 heavy (non-hydrogen) atoms. The first-order chi connectivity index (χ1) is 29.3. The van der Waals surface area contributed by atoms with Gasteiger partial charge in [0.2, 0.25) is 17.7 Å². The highest BCUT2D eigenvalue weighted by molar-refractivity contribution is 6.24. The molecule has 2 saturated heterocycles. The first-order valence-corrected chi connectivity index (χ1v) is 21.8. The Labute approximate surface area is 356 Å². The van der Waals surface area contributed by atoms with E-state index in [2.05, 4.69) is 46.1 Å². The number of para-hydroxylation sites is 1. The molecule has 2 fully saturated rings. The molecule has 1 aromatic heterocycles. The molecule has 1 aliphatic carbocycles. The third-order valence-corrected chi connectivity index (χ3v) is 13.0. The number of fused-ring (bicyclic) bond motifs is 2. The number of ketones is 2. The van der Waals surface area contributed by atoms with Crippen molar-refractivity contribution >= 4 is 52.0 Å². The summed E-state index contributed by atoms with van der Waals surface area (Å²) in [7, 11) is 0. The summed E-state index contributed by atoms with van der Waals surface area (Å²) in [6.45, 7) is 12.0. The van der Waals surface area contributed by atoms with Crippen molar-refractivity contribution in [1.82, 2.24) is 25.0 Å². The molecule has 0 bridgehead atoms. The molecule has 4 aliphatic rings. The minimum absolute atomic E-state index is 0.0660. The predicted molar refractivity (Wildman–Crippen MR) is 230 cm³/mol. The van der Waals surface area contributed by atoms with Crippen molar-refractivity contribution in [3.63, 3.8) is 0 Å². The van der Waals surface area contributed by atoms with E-state index < -0.39 is 29.7 Å². The van der Waals surface area contributed by atoms with Gasteiger partial charge < -0.3 is 19.5 Å². The lowest BCUT2D eigenvalue weighted by atomic mass is 9.88. The maximum Gasteiger partial charge on any atom is 0.262 e. The van der Waals surface area contributed by atoms with Gasteiger partial charge in [-0.3, -0.25) is 43.8 Å². The normalized spacial score (nSPS) is 19.4. The van der Waals surface area contributed by atoms with Gasteiger partial charge in [0, 0.05) is 73.6 Å². The van der Waals surface area contributed by atoms with Gasteiger partial charge in [-0.25, -0.2) is 0 Å². The third-order valence-electron chi connectivity index (χ3n) is 13.0. The highest BCUT2D eigenvalue weighted by atomic mass is 16.5. The number of allylic oxidation sites excluding steroid dienone is 4. The summed E-state index contributed by atoms with van der Waals surface area (Å²) in [5, 5.41) is 6.21. The molecule has 7 rings (SSSR count). The molecule has 13 nitrogen and oxygen atoms in total. The maximum atomic E-state index is 13.8. The van der Waals surface area contributed by atoms with Crippen LogP contribution in [0.1, 0.15) is 127 Å². The van der Waals surface area contributed by atoms with E-state index in [9.17, 15) is 33.6 Å². The Morgan fingerprint density at radius 2 is 1.67 bits per heavy atom. The highest BCUT2D eigenvalue weighted by Gasteiger charge is 2.45. The second-order valence-electron chi connectivity index (χ2n) is 17.0. The van der Waals surface area contributed by atoms with Gasteiger partial charge >= 0.3 is 0 Å². The molecular weight excluding hydrogens is 775 g/mol. The van der Waals surface area contributed by atoms with Crippen LogP contribution in [0.15, 0.2) is 65.3 Å². The number of carbonyl (C=O) groups excluding carboxylic acids is 7. The number of aryl methyl sites for hydroxylation is 1. The smallest absolute Gasteiger partial charge is 0.262 e. The summed E-state index contributed by atoms with van der Waals surface area (Å²) in [6.07, 6.45) is 6.73. The largest absolute Gasteiger partial charge is 0.381 e. The molecule has 5 amide bonds. The summed E-state index contributed by atoms with van der Waals surface area (Å²) in [5.74, 6) is -1.54. The molecule has 3 aromatic rings. The summed E-state index contributed by atoms with van der Waals surface area (Å²) < 4.78 is 8.09. The molecule has 13 heteroatoms. The molecule has 0 saturated carbocycles. The number of likely N-dealkylation sites (tertiary alicyclic amines) is 1. The predicted octanol–water partition coefficient (Wildman–Crippen LogP) is 5.98. The van der Waals surface area contributed by atoms with Crippen molar-refractivity contribution in [3.8, 4) is 0 Å². The van der Waals surface area contributed by atoms with Crippen LogP contribution in [0.5, 0.6) is 0 Å². The number of piperidine rings is 2. The fourth-order valence-electron chi connectivity index (χ4n) is 9.79. The zero-order valence-electron chi connectivity index (χ0n) is 35.8. The number of hydrogen-bond acceptors (Lipinski definition) is 9. The molecule has 322 valence electrons. The number of nitrogens with zero attached hydrogens (tertiary/aromatic N) is 3. The number of aromatic nitrogens is 1. The Morgan fingerprint density at radius 1 is 0.902 bits per heavy atom. The van der Waals surface area contributed by atoms with Crippen LogP contribution in [0.2, 0.25) is 0 Å². The number of imide groups is 2. The number of carbonyl (C=O) groups is 7. The van der Waals surface area contributed by atoms with Crippen LogP contribution in [-0.4, -0.2) is 101 Å². The van der Waals surface area contributed by atoms with Crippen LogP contribution in [0.3, 0.4) is 0 Å². The summed E-state index contributed by atoms with van der Waals surface area (Å²) in [4.78, 5) is 93.0. The quantitative estimate of drug-likeness (QED) is 0.0947. The SMILES string of the molecule is CC1=CC(C)=C(CCC(=O)c2c(C)n([C@@H](C)C3CCN(CCNC(=O)CCOCCCc4cccc5c4C(=O)N(C4CCC(=O)NC4=O)C5=O)CC3)c3ccccc23)C(=O)C1. The van der Waals surface area contributed by atoms with Crippen LogP contribution >= 0.6 is 0 Å². The highest BCUT2D eigenvalue weighted by Crippen LogP contribution is 2.37. The van der Waals surface area contributed by atoms with Gasteiger partial charge in [-0.2, -0.15) is 0 Å². The Bertz CT molecular complexity index is 2330. The fourth-order valence-corrected chi connectivity index (χ4v) is 9.79. The molecular formula is C48H57N5O8. The van der Waals surface area contributed by atoms with E-state index in [1.165, 1.54) is 0 Å². The zero-order valence-corrected chi connectivity index (χ0v) is 35.8. The number of nitrogens with one attached hydrogen (secondary N) is 2. The lowest BCUT2D eigenvalue weighted by Gasteiger charge is -2.36. The van der Waals surface area contributed by atoms with E-state index >= 15 is 0 Å². The number of benzene rings is 2. The van der Waals surface area contributed by atoms with Crippen molar-refractivity contribution in [2.45, 2.75) is 104 Å². The summed E-state index contributed by atoms with van der Waals surface area (Å²) >= 11 is 0. The first kappa shape index (κ1) is 43.6. The Hall–Kier alpha value is -5.53. The van der Waals surface area contributed by atoms with E-state index in [1.807, 2.05) is 32.0 Å². The number of ether oxygens (including phenoxy) is 1. The third kappa shape index (κ3) is 9.38. The van der Waals surface area contributed by atoms with E-state index in [0.717, 1.165) is 76.3 Å².